The largest absolute Gasteiger partial charge is 0.337 e. The Hall–Kier alpha value is -2.32. The number of aromatic nitrogens is 5. The first-order chi connectivity index (χ1) is 11.1. The second-order valence-corrected chi connectivity index (χ2v) is 5.67. The van der Waals surface area contributed by atoms with Crippen molar-refractivity contribution in [3.63, 3.8) is 0 Å². The van der Waals surface area contributed by atoms with Crippen molar-refractivity contribution in [1.82, 2.24) is 29.4 Å². The van der Waals surface area contributed by atoms with Crippen molar-refractivity contribution in [1.29, 1.82) is 0 Å². The van der Waals surface area contributed by atoms with Crippen molar-refractivity contribution < 1.29 is 13.6 Å². The molecule has 1 fully saturated rings. The van der Waals surface area contributed by atoms with Crippen LogP contribution in [0.2, 0.25) is 0 Å². The van der Waals surface area contributed by atoms with Gasteiger partial charge in [-0.3, -0.25) is 14.2 Å². The molecule has 0 spiro atoms. The number of hydrogen-bond acceptors (Lipinski definition) is 4. The van der Waals surface area contributed by atoms with E-state index in [1.807, 2.05) is 0 Å². The number of halogens is 2. The van der Waals surface area contributed by atoms with E-state index >= 15 is 0 Å². The van der Waals surface area contributed by atoms with Crippen molar-refractivity contribution >= 4 is 5.91 Å². The van der Waals surface area contributed by atoms with Gasteiger partial charge in [0, 0.05) is 25.8 Å². The molecule has 2 aromatic rings. The lowest BCUT2D eigenvalue weighted by Gasteiger charge is -2.32. The van der Waals surface area contributed by atoms with E-state index in [0.29, 0.717) is 19.6 Å². The summed E-state index contributed by atoms with van der Waals surface area (Å²) < 4.78 is 27.9. The van der Waals surface area contributed by atoms with Gasteiger partial charge in [0.05, 0.1) is 0 Å². The van der Waals surface area contributed by atoms with Gasteiger partial charge in [0.15, 0.2) is 0 Å². The molecule has 9 heteroatoms. The van der Waals surface area contributed by atoms with Crippen molar-refractivity contribution in [2.24, 2.45) is 5.92 Å². The second-order valence-electron chi connectivity index (χ2n) is 5.67. The number of alkyl halides is 2. The molecule has 2 aromatic heterocycles. The molecule has 1 saturated heterocycles. The molecule has 7 nitrogen and oxygen atoms in total. The van der Waals surface area contributed by atoms with Crippen molar-refractivity contribution in [2.45, 2.75) is 32.4 Å². The molecule has 0 aromatic carbocycles. The van der Waals surface area contributed by atoms with Crippen molar-refractivity contribution in [3.8, 4) is 0 Å². The highest BCUT2D eigenvalue weighted by atomic mass is 19.3. The maximum atomic E-state index is 12.6. The molecule has 124 valence electrons. The topological polar surface area (TPSA) is 68.8 Å². The first-order valence-electron chi connectivity index (χ1n) is 7.55. The predicted molar refractivity (Wildman–Crippen MR) is 76.9 cm³/mol. The van der Waals surface area contributed by atoms with Gasteiger partial charge in [-0.2, -0.15) is 10.2 Å². The maximum Gasteiger partial charge on any atom is 0.272 e. The predicted octanol–water partition coefficient (Wildman–Crippen LogP) is 1.29. The zero-order valence-corrected chi connectivity index (χ0v) is 12.6. The highest BCUT2D eigenvalue weighted by Gasteiger charge is 2.27. The Kier molecular flexibility index (Phi) is 4.63. The first-order valence-corrected chi connectivity index (χ1v) is 7.55. The van der Waals surface area contributed by atoms with Crippen LogP contribution in [-0.4, -0.2) is 54.9 Å². The van der Waals surface area contributed by atoms with Gasteiger partial charge < -0.3 is 4.90 Å². The van der Waals surface area contributed by atoms with Crippen LogP contribution in [0.4, 0.5) is 8.78 Å². The third-order valence-electron chi connectivity index (χ3n) is 3.96. The molecular weight excluding hydrogens is 306 g/mol. The summed E-state index contributed by atoms with van der Waals surface area (Å²) >= 11 is 0. The lowest BCUT2D eigenvalue weighted by molar-refractivity contribution is 0.0636. The molecule has 23 heavy (non-hydrogen) atoms. The van der Waals surface area contributed by atoms with Gasteiger partial charge in [0.2, 0.25) is 0 Å². The summed E-state index contributed by atoms with van der Waals surface area (Å²) in [4.78, 5) is 18.2. The number of carbonyl (C=O) groups is 1. The fraction of sp³-hybridized carbons (Fsp3) is 0.571. The Labute approximate surface area is 131 Å². The number of carbonyl (C=O) groups excluding carboxylic acids is 1. The average Bonchev–Trinajstić information content (AvgIpc) is 3.18. The maximum absolute atomic E-state index is 12.6. The van der Waals surface area contributed by atoms with Gasteiger partial charge >= 0.3 is 0 Å². The molecule has 1 amide bonds. The van der Waals surface area contributed by atoms with Crippen LogP contribution in [0.25, 0.3) is 0 Å². The van der Waals surface area contributed by atoms with Gasteiger partial charge in [-0.25, -0.2) is 13.8 Å². The van der Waals surface area contributed by atoms with Gasteiger partial charge in [0.25, 0.3) is 12.3 Å². The molecule has 0 bridgehead atoms. The molecule has 1 aliphatic heterocycles. The number of likely N-dealkylation sites (tertiary alicyclic amines) is 1. The lowest BCUT2D eigenvalue weighted by atomic mass is 9.98. The summed E-state index contributed by atoms with van der Waals surface area (Å²) in [6.07, 6.45) is 3.86. The van der Waals surface area contributed by atoms with Crippen LogP contribution in [0.5, 0.6) is 0 Å². The van der Waals surface area contributed by atoms with E-state index in [4.69, 9.17) is 0 Å². The summed E-state index contributed by atoms with van der Waals surface area (Å²) in [7, 11) is 0. The van der Waals surface area contributed by atoms with Gasteiger partial charge in [-0.1, -0.05) is 0 Å². The molecule has 0 radical (unpaired) electrons. The minimum Gasteiger partial charge on any atom is -0.337 e. The molecule has 0 N–H and O–H groups in total. The molecule has 0 aliphatic carbocycles. The van der Waals surface area contributed by atoms with Gasteiger partial charge in [-0.05, 0) is 24.8 Å². The SMILES string of the molecule is O=C(c1ccnn1CC(F)F)N1CCC[C@H](Cn2cncn2)C1. The van der Waals surface area contributed by atoms with Gasteiger partial charge in [-0.15, -0.1) is 0 Å². The normalized spacial score (nSPS) is 18.6. The standard InChI is InChI=1S/C14H18F2N6O/c15-13(16)8-22-12(3-4-18-22)14(23)20-5-1-2-11(6-20)7-21-10-17-9-19-21/h3-4,9-11,13H,1-2,5-8H2/t11-/m0/s1. The number of hydrogen-bond donors (Lipinski definition) is 0. The Balaban J connectivity index is 1.66. The molecule has 1 aliphatic rings. The monoisotopic (exact) mass is 324 g/mol. The highest BCUT2D eigenvalue weighted by molar-refractivity contribution is 5.92. The summed E-state index contributed by atoms with van der Waals surface area (Å²) in [5, 5.41) is 7.90. The zero-order chi connectivity index (χ0) is 16.2. The Morgan fingerprint density at radius 3 is 3.00 bits per heavy atom. The molecule has 1 atom stereocenters. The fourth-order valence-corrected chi connectivity index (χ4v) is 2.94. The van der Waals surface area contributed by atoms with Crippen LogP contribution >= 0.6 is 0 Å². The van der Waals surface area contributed by atoms with Crippen LogP contribution < -0.4 is 0 Å². The van der Waals surface area contributed by atoms with Crippen LogP contribution in [0.15, 0.2) is 24.9 Å². The third-order valence-corrected chi connectivity index (χ3v) is 3.96. The Morgan fingerprint density at radius 2 is 2.26 bits per heavy atom. The van der Waals surface area contributed by atoms with E-state index in [-0.39, 0.29) is 17.5 Å². The molecular formula is C14H18F2N6O. The summed E-state index contributed by atoms with van der Waals surface area (Å²) in [6, 6.07) is 1.49. The molecule has 0 unspecified atom stereocenters. The van der Waals surface area contributed by atoms with E-state index in [0.717, 1.165) is 17.5 Å². The first kappa shape index (κ1) is 15.6. The van der Waals surface area contributed by atoms with E-state index in [2.05, 4.69) is 15.2 Å². The molecule has 3 heterocycles. The van der Waals surface area contributed by atoms with E-state index in [9.17, 15) is 13.6 Å². The van der Waals surface area contributed by atoms with Crippen LogP contribution in [0.1, 0.15) is 23.3 Å². The Morgan fingerprint density at radius 1 is 1.39 bits per heavy atom. The van der Waals surface area contributed by atoms with Crippen molar-refractivity contribution in [3.05, 3.63) is 30.6 Å². The van der Waals surface area contributed by atoms with Gasteiger partial charge in [0.1, 0.15) is 24.9 Å². The van der Waals surface area contributed by atoms with Crippen molar-refractivity contribution in [2.75, 3.05) is 13.1 Å². The lowest BCUT2D eigenvalue weighted by Crippen LogP contribution is -2.42. The molecule has 3 rings (SSSR count). The minimum absolute atomic E-state index is 0.215. The fourth-order valence-electron chi connectivity index (χ4n) is 2.94. The van der Waals surface area contributed by atoms with Crippen LogP contribution in [0, 0.1) is 5.92 Å². The summed E-state index contributed by atoms with van der Waals surface area (Å²) in [5.74, 6) is 0.0345. The summed E-state index contributed by atoms with van der Waals surface area (Å²) in [6.45, 7) is 1.34. The van der Waals surface area contributed by atoms with Crippen LogP contribution in [-0.2, 0) is 13.1 Å². The second kappa shape index (κ2) is 6.84. The highest BCUT2D eigenvalue weighted by Crippen LogP contribution is 2.20. The number of amides is 1. The number of piperidine rings is 1. The number of nitrogens with zero attached hydrogens (tertiary/aromatic N) is 6. The van der Waals surface area contributed by atoms with E-state index in [1.54, 1.807) is 15.9 Å². The Bertz CT molecular complexity index is 641. The molecule has 0 saturated carbocycles. The smallest absolute Gasteiger partial charge is 0.272 e. The average molecular weight is 324 g/mol. The third kappa shape index (κ3) is 3.72. The van der Waals surface area contributed by atoms with E-state index in [1.165, 1.54) is 18.6 Å². The quantitative estimate of drug-likeness (QED) is 0.831. The minimum atomic E-state index is -2.54. The number of rotatable bonds is 5. The van der Waals surface area contributed by atoms with E-state index < -0.39 is 13.0 Å². The zero-order valence-electron chi connectivity index (χ0n) is 12.6. The van der Waals surface area contributed by atoms with Crippen LogP contribution in [0.3, 0.4) is 0 Å². The summed E-state index contributed by atoms with van der Waals surface area (Å²) in [5.41, 5.74) is 0.215.